The maximum atomic E-state index is 6.24. The van der Waals surface area contributed by atoms with Crippen LogP contribution in [0, 0.1) is 7.11 Å². The van der Waals surface area contributed by atoms with Crippen LogP contribution < -0.4 is 0 Å². The van der Waals surface area contributed by atoms with Crippen LogP contribution in [0.15, 0.2) is 12.7 Å². The van der Waals surface area contributed by atoms with Crippen LogP contribution in [-0.4, -0.2) is 6.10 Å². The van der Waals surface area contributed by atoms with Crippen molar-refractivity contribution in [3.63, 3.8) is 0 Å². The molecule has 33 valence electrons. The summed E-state index contributed by atoms with van der Waals surface area (Å²) in [7, 11) is 6.24. The Morgan fingerprint density at radius 1 is 2.00 bits per heavy atom. The zero-order valence-electron chi connectivity index (χ0n) is 3.77. The Labute approximate surface area is 38.6 Å². The van der Waals surface area contributed by atoms with Gasteiger partial charge in [0, 0.05) is 0 Å². The standard InChI is InChI=1S/C5H7O/c1-4-5(2)6-3/h4-5H,1H2,2H3. The van der Waals surface area contributed by atoms with Gasteiger partial charge in [-0.2, -0.15) is 0 Å². The number of hydrogen-bond acceptors (Lipinski definition) is 1. The first-order valence-electron chi connectivity index (χ1n) is 1.76. The van der Waals surface area contributed by atoms with Crippen LogP contribution in [0.3, 0.4) is 0 Å². The van der Waals surface area contributed by atoms with Crippen molar-refractivity contribution >= 4 is 0 Å². The maximum absolute atomic E-state index is 6.24. The average Bonchev–Trinajstić information content (AvgIpc) is 1.65. The molecule has 0 amide bonds. The van der Waals surface area contributed by atoms with Crippen LogP contribution in [0.4, 0.5) is 0 Å². The third-order valence-corrected chi connectivity index (χ3v) is 0.518. The van der Waals surface area contributed by atoms with E-state index in [1.807, 2.05) is 0 Å². The number of hydrogen-bond donors (Lipinski definition) is 0. The first kappa shape index (κ1) is 5.70. The van der Waals surface area contributed by atoms with E-state index in [0.29, 0.717) is 0 Å². The van der Waals surface area contributed by atoms with Crippen molar-refractivity contribution in [3.8, 4) is 0 Å². The van der Waals surface area contributed by atoms with E-state index in [4.69, 9.17) is 7.11 Å². The Bertz CT molecular complexity index is 41.2. The molecule has 0 aliphatic carbocycles. The first-order valence-corrected chi connectivity index (χ1v) is 1.76. The molecule has 1 heteroatoms. The molecular formula is C5H7O. The summed E-state index contributed by atoms with van der Waals surface area (Å²) in [5.74, 6) is 0. The summed E-state index contributed by atoms with van der Waals surface area (Å²) in [6.07, 6.45) is 1.43. The fourth-order valence-electron chi connectivity index (χ4n) is 0.0481. The predicted octanol–water partition coefficient (Wildman–Crippen LogP) is 1.12. The lowest BCUT2D eigenvalue weighted by atomic mass is 10.4. The van der Waals surface area contributed by atoms with Gasteiger partial charge >= 0.3 is 0 Å². The van der Waals surface area contributed by atoms with Gasteiger partial charge in [-0.05, 0) is 6.92 Å². The molecule has 0 aliphatic heterocycles. The molecule has 0 saturated carbocycles. The Hall–Kier alpha value is -0.300. The summed E-state index contributed by atoms with van der Waals surface area (Å²) >= 11 is 0. The van der Waals surface area contributed by atoms with Gasteiger partial charge in [0.15, 0.2) is 7.11 Å². The van der Waals surface area contributed by atoms with E-state index in [9.17, 15) is 0 Å². The average molecular weight is 83.1 g/mol. The Morgan fingerprint density at radius 3 is 2.50 bits per heavy atom. The fraction of sp³-hybridized carbons (Fsp3) is 0.400. The predicted molar refractivity (Wildman–Crippen MR) is 24.0 cm³/mol. The minimum absolute atomic E-state index is 0.134. The van der Waals surface area contributed by atoms with Gasteiger partial charge in [-0.25, -0.2) is 0 Å². The minimum atomic E-state index is -0.134. The molecule has 1 nitrogen and oxygen atoms in total. The van der Waals surface area contributed by atoms with Gasteiger partial charge in [-0.1, -0.05) is 6.08 Å². The zero-order chi connectivity index (χ0) is 4.99. The summed E-state index contributed by atoms with van der Waals surface area (Å²) in [5, 5.41) is 0. The summed E-state index contributed by atoms with van der Waals surface area (Å²) in [4.78, 5) is 0. The van der Waals surface area contributed by atoms with Crippen molar-refractivity contribution in [1.82, 2.24) is 0 Å². The van der Waals surface area contributed by atoms with E-state index in [1.165, 1.54) is 0 Å². The molecule has 0 saturated heterocycles. The molecule has 3 radical (unpaired) electrons. The van der Waals surface area contributed by atoms with Crippen molar-refractivity contribution < 1.29 is 4.74 Å². The third kappa shape index (κ3) is 1.97. The van der Waals surface area contributed by atoms with Crippen LogP contribution in [0.5, 0.6) is 0 Å². The van der Waals surface area contributed by atoms with Crippen LogP contribution in [0.1, 0.15) is 6.92 Å². The van der Waals surface area contributed by atoms with Crippen molar-refractivity contribution in [2.24, 2.45) is 0 Å². The van der Waals surface area contributed by atoms with E-state index in [0.717, 1.165) is 0 Å². The van der Waals surface area contributed by atoms with Gasteiger partial charge in [0.05, 0.1) is 6.10 Å². The smallest absolute Gasteiger partial charge is 0.174 e. The lowest BCUT2D eigenvalue weighted by Gasteiger charge is -1.95. The second kappa shape index (κ2) is 2.91. The minimum Gasteiger partial charge on any atom is -0.358 e. The quantitative estimate of drug-likeness (QED) is 0.454. The van der Waals surface area contributed by atoms with Crippen LogP contribution in [0.2, 0.25) is 0 Å². The molecule has 0 spiro atoms. The second-order valence-corrected chi connectivity index (χ2v) is 1.06. The molecule has 0 fully saturated rings. The van der Waals surface area contributed by atoms with E-state index < -0.39 is 0 Å². The van der Waals surface area contributed by atoms with E-state index >= 15 is 0 Å². The largest absolute Gasteiger partial charge is 0.358 e. The molecule has 0 aromatic heterocycles. The first-order chi connectivity index (χ1) is 2.81. The monoisotopic (exact) mass is 83.0 g/mol. The lowest BCUT2D eigenvalue weighted by molar-refractivity contribution is 0.197. The van der Waals surface area contributed by atoms with Gasteiger partial charge in [-0.15, -0.1) is 6.58 Å². The van der Waals surface area contributed by atoms with Crippen molar-refractivity contribution in [2.45, 2.75) is 13.0 Å². The van der Waals surface area contributed by atoms with Crippen molar-refractivity contribution in [2.75, 3.05) is 0 Å². The highest BCUT2D eigenvalue weighted by Gasteiger charge is 1.84. The third-order valence-electron chi connectivity index (χ3n) is 0.518. The highest BCUT2D eigenvalue weighted by Crippen LogP contribution is 1.85. The molecule has 6 heavy (non-hydrogen) atoms. The van der Waals surface area contributed by atoms with Gasteiger partial charge in [0.1, 0.15) is 0 Å². The van der Waals surface area contributed by atoms with Crippen molar-refractivity contribution in [3.05, 3.63) is 19.8 Å². The molecule has 0 aromatic rings. The molecule has 0 aliphatic rings. The van der Waals surface area contributed by atoms with E-state index in [-0.39, 0.29) is 6.10 Å². The zero-order valence-corrected chi connectivity index (χ0v) is 3.77. The fourth-order valence-corrected chi connectivity index (χ4v) is 0.0481. The molecule has 0 N–H and O–H groups in total. The van der Waals surface area contributed by atoms with Gasteiger partial charge in [0.2, 0.25) is 0 Å². The molecule has 1 unspecified atom stereocenters. The highest BCUT2D eigenvalue weighted by atomic mass is 16.5. The Kier molecular flexibility index (Phi) is 2.77. The SMILES string of the molecule is [C]OC(C)C=C. The topological polar surface area (TPSA) is 9.23 Å². The van der Waals surface area contributed by atoms with Gasteiger partial charge in [-0.3, -0.25) is 0 Å². The van der Waals surface area contributed by atoms with E-state index in [1.54, 1.807) is 13.0 Å². The molecule has 1 atom stereocenters. The normalized spacial score (nSPS) is 13.7. The molecular weight excluding hydrogens is 76.1 g/mol. The molecule has 0 bridgehead atoms. The van der Waals surface area contributed by atoms with Crippen LogP contribution in [-0.2, 0) is 4.74 Å². The van der Waals surface area contributed by atoms with Crippen molar-refractivity contribution in [1.29, 1.82) is 0 Å². The van der Waals surface area contributed by atoms with Gasteiger partial charge in [0.25, 0.3) is 0 Å². The summed E-state index contributed by atoms with van der Waals surface area (Å²) in [6.45, 7) is 5.14. The van der Waals surface area contributed by atoms with E-state index in [2.05, 4.69) is 11.3 Å². The lowest BCUT2D eigenvalue weighted by Crippen LogP contribution is -1.94. The molecule has 0 heterocycles. The van der Waals surface area contributed by atoms with Gasteiger partial charge < -0.3 is 4.74 Å². The summed E-state index contributed by atoms with van der Waals surface area (Å²) in [5.41, 5.74) is 0. The summed E-state index contributed by atoms with van der Waals surface area (Å²) < 4.78 is 4.03. The Balaban J connectivity index is 2.96. The maximum Gasteiger partial charge on any atom is 0.174 e. The van der Waals surface area contributed by atoms with Crippen LogP contribution >= 0.6 is 0 Å². The number of ether oxygens (including phenoxy) is 1. The summed E-state index contributed by atoms with van der Waals surface area (Å²) in [6, 6.07) is 0. The Morgan fingerprint density at radius 2 is 2.50 bits per heavy atom. The molecule has 0 rings (SSSR count). The number of rotatable bonds is 2. The van der Waals surface area contributed by atoms with Crippen LogP contribution in [0.25, 0.3) is 0 Å². The second-order valence-electron chi connectivity index (χ2n) is 1.06. The highest BCUT2D eigenvalue weighted by molar-refractivity contribution is 4.74. The molecule has 0 aromatic carbocycles.